The SMILES string of the molecule is NOS(=O)O.NSC(=O)c1ccccc1.O=C(CSC(=O)c1ccccc1)Cc1ccccc1.O=C(S)c1ccccc1.O=C=Nc1ccccc1. The zero-order chi connectivity index (χ0) is 38.4. The number of carbonyl (C=O) groups is 4. The summed E-state index contributed by atoms with van der Waals surface area (Å²) >= 11 is 3.16. The minimum absolute atomic E-state index is 0.0537. The number of thiol groups is 1. The number of hydrogen-bond donors (Lipinski definition) is 4. The summed E-state index contributed by atoms with van der Waals surface area (Å²) in [6.07, 6.45) is 1.84. The second-order valence-electron chi connectivity index (χ2n) is 9.44. The van der Waals surface area contributed by atoms with Crippen molar-refractivity contribution in [1.82, 2.24) is 0 Å². The molecule has 5 rings (SSSR count). The standard InChI is InChI=1S/C16H14O2S.C7H7NOS.C7H5NO.C7H6OS.H3NO3S/c17-15(11-13-7-3-1-4-8-13)12-19-16(18)14-9-5-2-6-10-14;8-10-7(9)6-4-2-1-3-5-6;9-6-8-7-4-2-1-3-5-7;8-7(9)6-4-2-1-3-5-6;1-4-5(2)3/h1-10H,11-12H2;1-5H,8H2;1-5H;1-5H,(H,8,9);1H2,(H,2,3). The highest BCUT2D eigenvalue weighted by Crippen LogP contribution is 2.13. The van der Waals surface area contributed by atoms with Gasteiger partial charge in [-0.2, -0.15) is 19.4 Å². The van der Waals surface area contributed by atoms with Crippen molar-refractivity contribution >= 4 is 80.6 Å². The highest BCUT2D eigenvalue weighted by Gasteiger charge is 2.10. The monoisotopic (exact) mass is 777 g/mol. The van der Waals surface area contributed by atoms with E-state index >= 15 is 0 Å². The first kappa shape index (κ1) is 45.2. The molecule has 15 heteroatoms. The number of nitrogens with two attached hydrogens (primary N) is 2. The van der Waals surface area contributed by atoms with Gasteiger partial charge in [0, 0.05) is 23.1 Å². The van der Waals surface area contributed by atoms with E-state index in [2.05, 4.69) is 27.8 Å². The van der Waals surface area contributed by atoms with Crippen LogP contribution in [0.2, 0.25) is 0 Å². The number of carbonyl (C=O) groups excluding carboxylic acids is 5. The number of nitrogens with zero attached hydrogens (tertiary/aromatic N) is 1. The number of rotatable bonds is 9. The fraction of sp³-hybridized carbons (Fsp3) is 0.0541. The van der Waals surface area contributed by atoms with Crippen molar-refractivity contribution in [2.45, 2.75) is 6.42 Å². The highest BCUT2D eigenvalue weighted by molar-refractivity contribution is 8.14. The van der Waals surface area contributed by atoms with E-state index in [0.717, 1.165) is 29.3 Å². The number of ketones is 1. The molecule has 0 aliphatic rings. The first-order valence-corrected chi connectivity index (χ1v) is 18.1. The molecule has 0 aliphatic carbocycles. The van der Waals surface area contributed by atoms with E-state index in [9.17, 15) is 24.0 Å². The van der Waals surface area contributed by atoms with Gasteiger partial charge in [-0.05, 0) is 29.6 Å². The summed E-state index contributed by atoms with van der Waals surface area (Å²) in [7, 11) is 0. The first-order chi connectivity index (χ1) is 25.1. The third-order valence-electron chi connectivity index (χ3n) is 5.77. The van der Waals surface area contributed by atoms with E-state index in [0.29, 0.717) is 28.8 Å². The molecular weight excluding hydrogens is 743 g/mol. The fourth-order valence-electron chi connectivity index (χ4n) is 3.46. The molecular formula is C37H35N3O8S4. The van der Waals surface area contributed by atoms with E-state index in [1.807, 2.05) is 103 Å². The molecule has 270 valence electrons. The fourth-order valence-corrected chi connectivity index (χ4v) is 4.57. The van der Waals surface area contributed by atoms with Crippen LogP contribution in [0.3, 0.4) is 0 Å². The van der Waals surface area contributed by atoms with E-state index in [4.69, 9.17) is 13.9 Å². The number of para-hydroxylation sites is 1. The lowest BCUT2D eigenvalue weighted by molar-refractivity contribution is -0.116. The van der Waals surface area contributed by atoms with Gasteiger partial charge in [0.1, 0.15) is 5.78 Å². The summed E-state index contributed by atoms with van der Waals surface area (Å²) in [6, 6.07) is 45.5. The lowest BCUT2D eigenvalue weighted by Gasteiger charge is -2.01. The number of benzene rings is 5. The molecule has 0 heterocycles. The Hall–Kier alpha value is -4.80. The molecule has 0 saturated carbocycles. The Morgan fingerprint density at radius 1 is 0.692 bits per heavy atom. The summed E-state index contributed by atoms with van der Waals surface area (Å²) in [5.74, 6) is 4.42. The Labute approximate surface area is 318 Å². The van der Waals surface area contributed by atoms with E-state index in [1.165, 1.54) is 6.08 Å². The average Bonchev–Trinajstić information content (AvgIpc) is 3.19. The second kappa shape index (κ2) is 28.8. The molecule has 1 unspecified atom stereocenters. The normalized spacial score (nSPS) is 9.85. The maximum Gasteiger partial charge on any atom is 0.319 e. The van der Waals surface area contributed by atoms with Gasteiger partial charge in [-0.15, -0.1) is 12.6 Å². The second-order valence-corrected chi connectivity index (χ2v) is 12.0. The van der Waals surface area contributed by atoms with Gasteiger partial charge in [-0.25, -0.2) is 4.79 Å². The minimum atomic E-state index is -2.29. The van der Waals surface area contributed by atoms with Crippen LogP contribution in [0, 0.1) is 0 Å². The van der Waals surface area contributed by atoms with Crippen molar-refractivity contribution in [3.63, 3.8) is 0 Å². The lowest BCUT2D eigenvalue weighted by Crippen LogP contribution is -2.08. The van der Waals surface area contributed by atoms with Crippen LogP contribution in [-0.2, 0) is 31.7 Å². The zero-order valence-electron chi connectivity index (χ0n) is 27.4. The van der Waals surface area contributed by atoms with Crippen molar-refractivity contribution in [3.05, 3.63) is 174 Å². The van der Waals surface area contributed by atoms with Gasteiger partial charge in [0.2, 0.25) is 21.4 Å². The smallest absolute Gasteiger partial charge is 0.298 e. The molecule has 11 nitrogen and oxygen atoms in total. The molecule has 0 bridgehead atoms. The van der Waals surface area contributed by atoms with Gasteiger partial charge in [0.25, 0.3) is 0 Å². The van der Waals surface area contributed by atoms with E-state index in [1.54, 1.807) is 48.5 Å². The van der Waals surface area contributed by atoms with Crippen LogP contribution in [0.5, 0.6) is 0 Å². The number of Topliss-reactive ketones (excluding diaryl/α,β-unsaturated/α-hetero) is 1. The molecule has 0 saturated heterocycles. The maximum absolute atomic E-state index is 11.8. The van der Waals surface area contributed by atoms with Crippen LogP contribution in [0.1, 0.15) is 36.6 Å². The molecule has 0 amide bonds. The summed E-state index contributed by atoms with van der Waals surface area (Å²) in [4.78, 5) is 58.0. The summed E-state index contributed by atoms with van der Waals surface area (Å²) in [6.45, 7) is 0. The van der Waals surface area contributed by atoms with Crippen molar-refractivity contribution in [3.8, 4) is 0 Å². The molecule has 5 aromatic carbocycles. The number of thioether (sulfide) groups is 1. The first-order valence-electron chi connectivity index (χ1n) is 14.7. The Morgan fingerprint density at radius 3 is 1.44 bits per heavy atom. The van der Waals surface area contributed by atoms with Crippen LogP contribution in [0.25, 0.3) is 0 Å². The number of aliphatic imine (C=N–C) groups is 1. The minimum Gasteiger partial charge on any atom is -0.298 e. The highest BCUT2D eigenvalue weighted by atomic mass is 32.2. The molecule has 0 radical (unpaired) electrons. The van der Waals surface area contributed by atoms with Crippen LogP contribution in [0.4, 0.5) is 5.69 Å². The Bertz CT molecular complexity index is 1800. The van der Waals surface area contributed by atoms with Gasteiger partial charge < -0.3 is 0 Å². The quantitative estimate of drug-likeness (QED) is 0.0293. The topological polar surface area (TPSA) is 196 Å². The molecule has 5 aromatic rings. The molecule has 52 heavy (non-hydrogen) atoms. The van der Waals surface area contributed by atoms with Crippen LogP contribution in [0.15, 0.2) is 157 Å². The van der Waals surface area contributed by atoms with E-state index in [-0.39, 0.29) is 26.9 Å². The number of isocyanates is 1. The van der Waals surface area contributed by atoms with Gasteiger partial charge >= 0.3 is 11.4 Å². The molecule has 5 N–H and O–H groups in total. The summed E-state index contributed by atoms with van der Waals surface area (Å²) < 4.78 is 19.9. The Morgan fingerprint density at radius 2 is 1.08 bits per heavy atom. The Kier molecular flexibility index (Phi) is 25.1. The Balaban J connectivity index is 0.000000350. The molecule has 0 aliphatic heterocycles. The van der Waals surface area contributed by atoms with Gasteiger partial charge in [0.15, 0.2) is 0 Å². The maximum atomic E-state index is 11.8. The largest absolute Gasteiger partial charge is 0.319 e. The summed E-state index contributed by atoms with van der Waals surface area (Å²) in [5.41, 5.74) is 3.56. The molecule has 1 atom stereocenters. The van der Waals surface area contributed by atoms with Gasteiger partial charge in [-0.3, -0.25) is 28.9 Å². The van der Waals surface area contributed by atoms with Crippen LogP contribution >= 0.6 is 36.3 Å². The van der Waals surface area contributed by atoms with Crippen LogP contribution in [-0.4, -0.2) is 41.7 Å². The lowest BCUT2D eigenvalue weighted by atomic mass is 10.1. The third-order valence-corrected chi connectivity index (χ3v) is 7.61. The predicted octanol–water partition coefficient (Wildman–Crippen LogP) is 7.23. The molecule has 0 spiro atoms. The summed E-state index contributed by atoms with van der Waals surface area (Å²) in [5, 5.41) is 4.74. The average molecular weight is 778 g/mol. The van der Waals surface area contributed by atoms with Gasteiger partial charge in [-0.1, -0.05) is 151 Å². The molecule has 0 fully saturated rings. The molecule has 0 aromatic heterocycles. The zero-order valence-corrected chi connectivity index (χ0v) is 30.8. The van der Waals surface area contributed by atoms with Crippen LogP contribution < -0.4 is 11.0 Å². The van der Waals surface area contributed by atoms with Crippen molar-refractivity contribution < 1.29 is 37.0 Å². The van der Waals surface area contributed by atoms with Crippen molar-refractivity contribution in [2.75, 3.05) is 5.75 Å². The van der Waals surface area contributed by atoms with Crippen molar-refractivity contribution in [2.24, 2.45) is 16.0 Å². The van der Waals surface area contributed by atoms with Gasteiger partial charge in [0.05, 0.1) is 11.4 Å². The predicted molar refractivity (Wildman–Crippen MR) is 211 cm³/mol. The van der Waals surface area contributed by atoms with E-state index < -0.39 is 11.4 Å². The number of hydrogen-bond acceptors (Lipinski definition) is 12. The third kappa shape index (κ3) is 22.1. The van der Waals surface area contributed by atoms with Crippen molar-refractivity contribution in [1.29, 1.82) is 0 Å².